The van der Waals surface area contributed by atoms with Gasteiger partial charge in [0.1, 0.15) is 0 Å². The van der Waals surface area contributed by atoms with E-state index in [9.17, 15) is 13.2 Å². The number of hydrogen-bond donors (Lipinski definition) is 1. The predicted octanol–water partition coefficient (Wildman–Crippen LogP) is 3.80. The second kappa shape index (κ2) is 7.34. The van der Waals surface area contributed by atoms with Crippen LogP contribution in [0.15, 0.2) is 29.2 Å². The molecule has 5 heteroatoms. The Morgan fingerprint density at radius 1 is 1.22 bits per heavy atom. The Hall–Kier alpha value is -1.12. The van der Waals surface area contributed by atoms with E-state index in [4.69, 9.17) is 6.42 Å². The monoisotopic (exact) mass is 273 g/mol. The maximum atomic E-state index is 12.1. The van der Waals surface area contributed by atoms with Crippen molar-refractivity contribution in [1.29, 1.82) is 0 Å². The van der Waals surface area contributed by atoms with Gasteiger partial charge in [-0.3, -0.25) is 0 Å². The van der Waals surface area contributed by atoms with Gasteiger partial charge in [-0.1, -0.05) is 12.1 Å². The lowest BCUT2D eigenvalue weighted by molar-refractivity contribution is -0.0328. The number of unbranched alkanes of at least 4 members (excludes halogenated alkanes) is 1. The molecule has 0 bridgehead atoms. The van der Waals surface area contributed by atoms with Crippen LogP contribution in [0.3, 0.4) is 0 Å². The van der Waals surface area contributed by atoms with Crippen molar-refractivity contribution in [2.24, 2.45) is 0 Å². The first-order valence-electron chi connectivity index (χ1n) is 5.50. The average molecular weight is 273 g/mol. The fourth-order valence-corrected chi connectivity index (χ4v) is 1.90. The highest BCUT2D eigenvalue weighted by Gasteiger charge is 2.28. The largest absolute Gasteiger partial charge is 0.446 e. The van der Waals surface area contributed by atoms with Crippen LogP contribution in [-0.4, -0.2) is 12.1 Å². The Morgan fingerprint density at radius 2 is 1.89 bits per heavy atom. The second-order valence-corrected chi connectivity index (χ2v) is 4.81. The van der Waals surface area contributed by atoms with Crippen LogP contribution >= 0.6 is 11.8 Å². The summed E-state index contributed by atoms with van der Waals surface area (Å²) in [4.78, 5) is 0.207. The molecule has 1 aromatic rings. The van der Waals surface area contributed by atoms with Crippen LogP contribution in [0.25, 0.3) is 0 Å². The van der Waals surface area contributed by atoms with Crippen molar-refractivity contribution < 1.29 is 13.2 Å². The Labute approximate surface area is 109 Å². The molecule has 0 aromatic heterocycles. The lowest BCUT2D eigenvalue weighted by Crippen LogP contribution is -2.14. The van der Waals surface area contributed by atoms with E-state index >= 15 is 0 Å². The van der Waals surface area contributed by atoms with E-state index in [1.165, 1.54) is 12.1 Å². The number of nitrogens with one attached hydrogen (secondary N) is 1. The van der Waals surface area contributed by atoms with Crippen molar-refractivity contribution in [3.63, 3.8) is 0 Å². The first-order chi connectivity index (χ1) is 8.51. The topological polar surface area (TPSA) is 12.0 Å². The molecule has 0 radical (unpaired) electrons. The normalized spacial score (nSPS) is 11.2. The number of benzene rings is 1. The lowest BCUT2D eigenvalue weighted by atomic mass is 10.2. The van der Waals surface area contributed by atoms with Crippen molar-refractivity contribution in [3.05, 3.63) is 29.8 Å². The van der Waals surface area contributed by atoms with E-state index in [0.717, 1.165) is 24.9 Å². The summed E-state index contributed by atoms with van der Waals surface area (Å²) in [6.07, 6.45) is 6.75. The number of alkyl halides is 3. The minimum Gasteiger partial charge on any atom is -0.313 e. The number of terminal acetylenes is 1. The molecular weight excluding hydrogens is 259 g/mol. The lowest BCUT2D eigenvalue weighted by Gasteiger charge is -2.07. The number of hydrogen-bond acceptors (Lipinski definition) is 2. The first kappa shape index (κ1) is 14.9. The van der Waals surface area contributed by atoms with Crippen LogP contribution in [0.1, 0.15) is 18.4 Å². The van der Waals surface area contributed by atoms with Crippen molar-refractivity contribution in [3.8, 4) is 12.3 Å². The predicted molar refractivity (Wildman–Crippen MR) is 68.1 cm³/mol. The van der Waals surface area contributed by atoms with Crippen molar-refractivity contribution in [1.82, 2.24) is 5.32 Å². The molecule has 0 aliphatic carbocycles. The molecule has 18 heavy (non-hydrogen) atoms. The number of halogens is 3. The first-order valence-corrected chi connectivity index (χ1v) is 6.32. The molecule has 0 spiro atoms. The van der Waals surface area contributed by atoms with E-state index in [0.29, 0.717) is 6.54 Å². The molecule has 0 saturated carbocycles. The van der Waals surface area contributed by atoms with Gasteiger partial charge < -0.3 is 5.32 Å². The highest BCUT2D eigenvalue weighted by molar-refractivity contribution is 8.00. The molecule has 1 nitrogen and oxygen atoms in total. The Bertz CT molecular complexity index is 392. The third-order valence-electron chi connectivity index (χ3n) is 2.16. The van der Waals surface area contributed by atoms with E-state index in [1.807, 2.05) is 0 Å². The smallest absolute Gasteiger partial charge is 0.313 e. The van der Waals surface area contributed by atoms with Gasteiger partial charge in [-0.15, -0.1) is 12.3 Å². The fraction of sp³-hybridized carbons (Fsp3) is 0.385. The molecule has 1 rings (SSSR count). The summed E-state index contributed by atoms with van der Waals surface area (Å²) in [5.74, 6) is 2.55. The van der Waals surface area contributed by atoms with Gasteiger partial charge in [-0.25, -0.2) is 0 Å². The van der Waals surface area contributed by atoms with Gasteiger partial charge in [0.05, 0.1) is 0 Å². The molecule has 1 N–H and O–H groups in total. The zero-order valence-corrected chi connectivity index (χ0v) is 10.6. The van der Waals surface area contributed by atoms with Crippen LogP contribution in [0.4, 0.5) is 13.2 Å². The van der Waals surface area contributed by atoms with Gasteiger partial charge >= 0.3 is 5.51 Å². The SMILES string of the molecule is C#CCCCNCc1ccc(SC(F)(F)F)cc1. The van der Waals surface area contributed by atoms with Crippen molar-refractivity contribution >= 4 is 11.8 Å². The molecule has 0 unspecified atom stereocenters. The average Bonchev–Trinajstić information content (AvgIpc) is 2.29. The van der Waals surface area contributed by atoms with Crippen molar-refractivity contribution in [2.75, 3.05) is 6.54 Å². The molecule has 98 valence electrons. The molecule has 0 aliphatic heterocycles. The fourth-order valence-electron chi connectivity index (χ4n) is 1.36. The molecule has 0 amide bonds. The molecular formula is C13H14F3NS. The van der Waals surface area contributed by atoms with Crippen LogP contribution in [0.5, 0.6) is 0 Å². The molecule has 0 aliphatic rings. The summed E-state index contributed by atoms with van der Waals surface area (Å²) in [7, 11) is 0. The van der Waals surface area contributed by atoms with Gasteiger partial charge in [0.15, 0.2) is 0 Å². The molecule has 0 fully saturated rings. The van der Waals surface area contributed by atoms with E-state index in [2.05, 4.69) is 11.2 Å². The van der Waals surface area contributed by atoms with E-state index < -0.39 is 5.51 Å². The summed E-state index contributed by atoms with van der Waals surface area (Å²) in [6, 6.07) is 6.36. The Morgan fingerprint density at radius 3 is 2.44 bits per heavy atom. The van der Waals surface area contributed by atoms with E-state index in [-0.39, 0.29) is 16.7 Å². The van der Waals surface area contributed by atoms with Crippen molar-refractivity contribution in [2.45, 2.75) is 29.8 Å². The molecule has 0 saturated heterocycles. The van der Waals surface area contributed by atoms with Gasteiger partial charge in [-0.05, 0) is 42.4 Å². The summed E-state index contributed by atoms with van der Waals surface area (Å²) in [5.41, 5.74) is -3.27. The highest BCUT2D eigenvalue weighted by Crippen LogP contribution is 2.36. The second-order valence-electron chi connectivity index (χ2n) is 3.68. The third-order valence-corrected chi connectivity index (χ3v) is 2.90. The van der Waals surface area contributed by atoms with E-state index in [1.54, 1.807) is 12.1 Å². The van der Waals surface area contributed by atoms with Gasteiger partial charge in [0, 0.05) is 17.9 Å². The van der Waals surface area contributed by atoms with Gasteiger partial charge in [0.2, 0.25) is 0 Å². The van der Waals surface area contributed by atoms with Crippen LogP contribution in [-0.2, 0) is 6.54 Å². The summed E-state index contributed by atoms with van der Waals surface area (Å²) in [5, 5.41) is 3.18. The maximum absolute atomic E-state index is 12.1. The summed E-state index contributed by atoms with van der Waals surface area (Å²) < 4.78 is 36.3. The molecule has 0 heterocycles. The minimum absolute atomic E-state index is 0.0982. The Kier molecular flexibility index (Phi) is 6.10. The minimum atomic E-state index is -4.23. The zero-order chi connectivity index (χ0) is 13.4. The van der Waals surface area contributed by atoms with Gasteiger partial charge in [0.25, 0.3) is 0 Å². The number of thioether (sulfide) groups is 1. The van der Waals surface area contributed by atoms with Crippen LogP contribution < -0.4 is 5.32 Å². The number of rotatable bonds is 6. The van der Waals surface area contributed by atoms with Crippen LogP contribution in [0, 0.1) is 12.3 Å². The Balaban J connectivity index is 2.34. The summed E-state index contributed by atoms with van der Waals surface area (Å²) >= 11 is -0.0982. The highest BCUT2D eigenvalue weighted by atomic mass is 32.2. The maximum Gasteiger partial charge on any atom is 0.446 e. The summed E-state index contributed by atoms with van der Waals surface area (Å²) in [6.45, 7) is 1.45. The quantitative estimate of drug-likeness (QED) is 0.480. The van der Waals surface area contributed by atoms with Crippen LogP contribution in [0.2, 0.25) is 0 Å². The molecule has 0 atom stereocenters. The third kappa shape index (κ3) is 6.58. The molecule has 1 aromatic carbocycles. The van der Waals surface area contributed by atoms with Gasteiger partial charge in [-0.2, -0.15) is 13.2 Å². The standard InChI is InChI=1S/C13H14F3NS/c1-2-3-4-9-17-10-11-5-7-12(8-6-11)18-13(14,15)16/h1,5-8,17H,3-4,9-10H2. The zero-order valence-electron chi connectivity index (χ0n) is 9.76.